The van der Waals surface area contributed by atoms with Crippen LogP contribution in [0.25, 0.3) is 0 Å². The molecule has 4 N–H and O–H groups in total. The molecule has 0 fully saturated rings. The van der Waals surface area contributed by atoms with Crippen LogP contribution in [0.2, 0.25) is 0 Å². The SMILES string of the molecule is O=S(=O)(O)O.O=S(=O)(O)O.O=S([O-])[O-].[K+].[K+]. The zero-order chi connectivity index (χ0) is 12.6. The molecule has 0 heterocycles. The quantitative estimate of drug-likeness (QED) is 0.182. The van der Waals surface area contributed by atoms with E-state index in [1.807, 2.05) is 0 Å². The Morgan fingerprint density at radius 3 is 0.750 bits per heavy atom. The zero-order valence-electron chi connectivity index (χ0n) is 7.87. The Bertz CT molecular complexity index is 285. The van der Waals surface area contributed by atoms with Crippen molar-refractivity contribution in [3.05, 3.63) is 0 Å². The van der Waals surface area contributed by atoms with Crippen molar-refractivity contribution < 1.29 is 151 Å². The molecule has 16 heteroatoms. The second-order valence-electron chi connectivity index (χ2n) is 1.10. The summed E-state index contributed by atoms with van der Waals surface area (Å²) in [7, 11) is -9.33. The van der Waals surface area contributed by atoms with Crippen LogP contribution >= 0.6 is 0 Å². The molecule has 0 atom stereocenters. The minimum absolute atomic E-state index is 0. The first-order valence-corrected chi connectivity index (χ1v) is 5.69. The van der Waals surface area contributed by atoms with Gasteiger partial charge in [0.1, 0.15) is 0 Å². The monoisotopic (exact) mass is 354 g/mol. The van der Waals surface area contributed by atoms with Crippen molar-refractivity contribution in [2.45, 2.75) is 0 Å². The first-order valence-electron chi connectivity index (χ1n) is 1.90. The molecule has 0 aromatic carbocycles. The maximum atomic E-state index is 8.74. The smallest absolute Gasteiger partial charge is 0.784 e. The average Bonchev–Trinajstić information content (AvgIpc) is 1.45. The zero-order valence-corrected chi connectivity index (χ0v) is 16.6. The van der Waals surface area contributed by atoms with Gasteiger partial charge in [-0.2, -0.15) is 16.8 Å². The van der Waals surface area contributed by atoms with E-state index in [1.165, 1.54) is 0 Å². The van der Waals surface area contributed by atoms with Gasteiger partial charge >= 0.3 is 124 Å². The molecular weight excluding hydrogens is 350 g/mol. The van der Waals surface area contributed by atoms with Gasteiger partial charge in [-0.15, -0.1) is 11.4 Å². The van der Waals surface area contributed by atoms with E-state index in [-0.39, 0.29) is 103 Å². The van der Waals surface area contributed by atoms with E-state index < -0.39 is 32.2 Å². The van der Waals surface area contributed by atoms with Crippen LogP contribution in [0.3, 0.4) is 0 Å². The summed E-state index contributed by atoms with van der Waals surface area (Å²) in [4.78, 5) is 0. The van der Waals surface area contributed by atoms with Crippen molar-refractivity contribution in [3.63, 3.8) is 0 Å². The van der Waals surface area contributed by atoms with Crippen LogP contribution in [-0.4, -0.2) is 48.4 Å². The van der Waals surface area contributed by atoms with Crippen LogP contribution in [-0.2, 0) is 32.2 Å². The van der Waals surface area contributed by atoms with Crippen LogP contribution in [0, 0.1) is 0 Å². The third-order valence-corrected chi connectivity index (χ3v) is 0. The van der Waals surface area contributed by atoms with Gasteiger partial charge in [-0.3, -0.25) is 22.4 Å². The fourth-order valence-electron chi connectivity index (χ4n) is 0. The first-order chi connectivity index (χ1) is 5.73. The molecule has 11 nitrogen and oxygen atoms in total. The van der Waals surface area contributed by atoms with Crippen LogP contribution in [0.4, 0.5) is 0 Å². The second-order valence-corrected chi connectivity index (χ2v) is 3.30. The molecular formula is H4K2O11S3. The third kappa shape index (κ3) is 465. The Hall–Kier alpha value is 3.08. The summed E-state index contributed by atoms with van der Waals surface area (Å²) in [5.41, 5.74) is 0. The van der Waals surface area contributed by atoms with Crippen molar-refractivity contribution in [2.24, 2.45) is 0 Å². The molecule has 0 saturated carbocycles. The van der Waals surface area contributed by atoms with Crippen LogP contribution < -0.4 is 103 Å². The van der Waals surface area contributed by atoms with Gasteiger partial charge in [0.15, 0.2) is 0 Å². The minimum Gasteiger partial charge on any atom is -0.784 e. The molecule has 0 aliphatic rings. The molecule has 0 bridgehead atoms. The van der Waals surface area contributed by atoms with Crippen LogP contribution in [0.5, 0.6) is 0 Å². The van der Waals surface area contributed by atoms with Crippen LogP contribution in [0.15, 0.2) is 0 Å². The van der Waals surface area contributed by atoms with Crippen molar-refractivity contribution in [2.75, 3.05) is 0 Å². The summed E-state index contributed by atoms with van der Waals surface area (Å²) in [5, 5.41) is 0. The molecule has 0 amide bonds. The summed E-state index contributed by atoms with van der Waals surface area (Å²) in [6.45, 7) is 0. The van der Waals surface area contributed by atoms with E-state index in [4.69, 9.17) is 48.4 Å². The van der Waals surface area contributed by atoms with Crippen molar-refractivity contribution in [1.82, 2.24) is 0 Å². The van der Waals surface area contributed by atoms with Crippen molar-refractivity contribution in [1.29, 1.82) is 0 Å². The van der Waals surface area contributed by atoms with E-state index >= 15 is 0 Å². The Morgan fingerprint density at radius 2 is 0.750 bits per heavy atom. The molecule has 0 spiro atoms. The fourth-order valence-corrected chi connectivity index (χ4v) is 0. The van der Waals surface area contributed by atoms with E-state index in [0.717, 1.165) is 0 Å². The molecule has 16 heavy (non-hydrogen) atoms. The predicted molar refractivity (Wildman–Crippen MR) is 38.1 cm³/mol. The van der Waals surface area contributed by atoms with Crippen molar-refractivity contribution >= 4 is 32.2 Å². The Morgan fingerprint density at radius 1 is 0.750 bits per heavy atom. The van der Waals surface area contributed by atoms with Gasteiger partial charge in [0.2, 0.25) is 0 Å². The summed E-state index contributed by atoms with van der Waals surface area (Å²) in [5.74, 6) is 0. The Balaban J connectivity index is -0.0000000358. The number of rotatable bonds is 0. The topological polar surface area (TPSA) is 212 Å². The molecule has 0 aromatic rings. The van der Waals surface area contributed by atoms with Gasteiger partial charge in [0.05, 0.1) is 0 Å². The Labute approximate surface area is 179 Å². The van der Waals surface area contributed by atoms with E-state index in [2.05, 4.69) is 0 Å². The average molecular weight is 354 g/mol. The summed E-state index contributed by atoms with van der Waals surface area (Å²) in [6.07, 6.45) is 0. The van der Waals surface area contributed by atoms with Gasteiger partial charge in [-0.1, -0.05) is 0 Å². The van der Waals surface area contributed by atoms with E-state index in [1.54, 1.807) is 0 Å². The predicted octanol–water partition coefficient (Wildman–Crippen LogP) is -8.30. The summed E-state index contributed by atoms with van der Waals surface area (Å²) >= 11 is -3.11. The second kappa shape index (κ2) is 16.1. The standard InChI is InChI=1S/2K.2H2O4S.H2O3S/c;;2*1-5(2,3)4;1-4(2)3/h;;2*(H2,1,2,3,4);(H2,1,2,3)/q2*+1;;;/p-2. The normalized spacial score (nSPS) is 9.44. The Kier molecular flexibility index (Phi) is 31.7. The molecule has 0 aromatic heterocycles. The molecule has 0 aliphatic carbocycles. The molecule has 0 rings (SSSR count). The van der Waals surface area contributed by atoms with Gasteiger partial charge in [0.25, 0.3) is 0 Å². The fraction of sp³-hybridized carbons (Fsp3) is 0. The van der Waals surface area contributed by atoms with Gasteiger partial charge < -0.3 is 9.11 Å². The number of hydrogen-bond acceptors (Lipinski definition) is 7. The van der Waals surface area contributed by atoms with E-state index in [0.29, 0.717) is 0 Å². The minimum atomic E-state index is -4.67. The summed E-state index contributed by atoms with van der Waals surface area (Å²) < 4.78 is 88.5. The van der Waals surface area contributed by atoms with Gasteiger partial charge in [0, 0.05) is 0 Å². The molecule has 0 aliphatic heterocycles. The maximum Gasteiger partial charge on any atom is 1.00 e. The maximum absolute atomic E-state index is 8.74. The molecule has 90 valence electrons. The van der Waals surface area contributed by atoms with Gasteiger partial charge in [-0.25, -0.2) is 0 Å². The van der Waals surface area contributed by atoms with Crippen molar-refractivity contribution in [3.8, 4) is 0 Å². The summed E-state index contributed by atoms with van der Waals surface area (Å²) in [6, 6.07) is 0. The largest absolute Gasteiger partial charge is 1.00 e. The molecule has 0 saturated heterocycles. The third-order valence-electron chi connectivity index (χ3n) is 0. The molecule has 0 unspecified atom stereocenters. The van der Waals surface area contributed by atoms with E-state index in [9.17, 15) is 0 Å². The number of hydrogen-bond donors (Lipinski definition) is 4. The molecule has 0 radical (unpaired) electrons. The van der Waals surface area contributed by atoms with Gasteiger partial charge in [-0.05, 0) is 0 Å². The first kappa shape index (κ1) is 31.5. The van der Waals surface area contributed by atoms with Crippen LogP contribution in [0.1, 0.15) is 0 Å².